The largest absolute Gasteiger partial charge is 0.454 e. The van der Waals surface area contributed by atoms with E-state index in [2.05, 4.69) is 24.5 Å². The van der Waals surface area contributed by atoms with Crippen LogP contribution in [0.3, 0.4) is 0 Å². The van der Waals surface area contributed by atoms with Gasteiger partial charge in [-0.05, 0) is 29.7 Å². The van der Waals surface area contributed by atoms with Crippen LogP contribution in [0.1, 0.15) is 52.5 Å². The van der Waals surface area contributed by atoms with E-state index in [1.165, 1.54) is 6.42 Å². The van der Waals surface area contributed by atoms with Crippen LogP contribution in [0.5, 0.6) is 0 Å². The van der Waals surface area contributed by atoms with Crippen LogP contribution < -0.4 is 10.6 Å². The zero-order chi connectivity index (χ0) is 21.4. The summed E-state index contributed by atoms with van der Waals surface area (Å²) in [6.07, 6.45) is 3.42. The first-order valence-electron chi connectivity index (χ1n) is 10.6. The Balaban J connectivity index is 1.82. The van der Waals surface area contributed by atoms with Crippen molar-refractivity contribution in [2.45, 2.75) is 65.5 Å². The van der Waals surface area contributed by atoms with Crippen molar-refractivity contribution in [1.29, 1.82) is 0 Å². The second kappa shape index (κ2) is 11.0. The van der Waals surface area contributed by atoms with Gasteiger partial charge in [-0.1, -0.05) is 70.9 Å². The van der Waals surface area contributed by atoms with Crippen molar-refractivity contribution in [1.82, 2.24) is 10.6 Å². The van der Waals surface area contributed by atoms with Gasteiger partial charge in [0.25, 0.3) is 5.91 Å². The van der Waals surface area contributed by atoms with Gasteiger partial charge >= 0.3 is 5.97 Å². The lowest BCUT2D eigenvalue weighted by atomic mass is 9.78. The molecule has 0 saturated heterocycles. The van der Waals surface area contributed by atoms with Crippen molar-refractivity contribution in [3.63, 3.8) is 0 Å². The van der Waals surface area contributed by atoms with Gasteiger partial charge in [-0.15, -0.1) is 0 Å². The highest BCUT2D eigenvalue weighted by molar-refractivity contribution is 5.87. The first-order valence-corrected chi connectivity index (χ1v) is 10.6. The standard InChI is InChI=1S/C23H34N2O4/c1-15(2)22(25-20(26)13-18-10-6-5-7-11-18)23(28)29-14-21(27)24-19-12-8-9-16(3)17(19)4/h5-7,10-11,15-17,19,22H,8-9,12-14H2,1-4H3,(H,24,27)(H,25,26)/t16?,17?,19?,22-/m0/s1. The molecule has 1 aliphatic rings. The lowest BCUT2D eigenvalue weighted by Crippen LogP contribution is -2.48. The van der Waals surface area contributed by atoms with E-state index in [1.807, 2.05) is 44.2 Å². The fourth-order valence-electron chi connectivity index (χ4n) is 3.76. The molecule has 6 nitrogen and oxygen atoms in total. The minimum Gasteiger partial charge on any atom is -0.454 e. The predicted molar refractivity (Wildman–Crippen MR) is 112 cm³/mol. The van der Waals surface area contributed by atoms with Gasteiger partial charge in [-0.25, -0.2) is 4.79 Å². The zero-order valence-corrected chi connectivity index (χ0v) is 17.9. The van der Waals surface area contributed by atoms with Crippen LogP contribution in [0, 0.1) is 17.8 Å². The van der Waals surface area contributed by atoms with Crippen molar-refractivity contribution in [3.8, 4) is 0 Å². The highest BCUT2D eigenvalue weighted by Gasteiger charge is 2.29. The Labute approximate surface area is 173 Å². The number of benzene rings is 1. The van der Waals surface area contributed by atoms with Crippen molar-refractivity contribution >= 4 is 17.8 Å². The van der Waals surface area contributed by atoms with Crippen LogP contribution in [0.4, 0.5) is 0 Å². The summed E-state index contributed by atoms with van der Waals surface area (Å²) in [6, 6.07) is 8.67. The second-order valence-electron chi connectivity index (χ2n) is 8.50. The summed E-state index contributed by atoms with van der Waals surface area (Å²) in [4.78, 5) is 37.0. The molecular formula is C23H34N2O4. The number of nitrogens with one attached hydrogen (secondary N) is 2. The fourth-order valence-corrected chi connectivity index (χ4v) is 3.76. The number of rotatable bonds is 8. The van der Waals surface area contributed by atoms with Crippen molar-refractivity contribution in [2.24, 2.45) is 17.8 Å². The Hall–Kier alpha value is -2.37. The summed E-state index contributed by atoms with van der Waals surface area (Å²) >= 11 is 0. The van der Waals surface area contributed by atoms with Gasteiger partial charge in [0.1, 0.15) is 6.04 Å². The molecule has 1 saturated carbocycles. The molecule has 1 aliphatic carbocycles. The van der Waals surface area contributed by atoms with Gasteiger partial charge in [-0.3, -0.25) is 9.59 Å². The highest BCUT2D eigenvalue weighted by atomic mass is 16.5. The van der Waals surface area contributed by atoms with Crippen molar-refractivity contribution in [3.05, 3.63) is 35.9 Å². The summed E-state index contributed by atoms with van der Waals surface area (Å²) in [5.74, 6) is -0.291. The minimum absolute atomic E-state index is 0.122. The maximum atomic E-state index is 12.5. The van der Waals surface area contributed by atoms with Gasteiger partial charge in [0.15, 0.2) is 6.61 Å². The average Bonchev–Trinajstić information content (AvgIpc) is 2.68. The van der Waals surface area contributed by atoms with Crippen LogP contribution in [-0.4, -0.2) is 36.5 Å². The minimum atomic E-state index is -0.785. The lowest BCUT2D eigenvalue weighted by molar-refractivity contribution is -0.153. The van der Waals surface area contributed by atoms with E-state index < -0.39 is 12.0 Å². The average molecular weight is 403 g/mol. The molecule has 0 aromatic heterocycles. The summed E-state index contributed by atoms with van der Waals surface area (Å²) < 4.78 is 5.22. The number of carbonyl (C=O) groups excluding carboxylic acids is 3. The van der Waals surface area contributed by atoms with E-state index in [0.29, 0.717) is 11.8 Å². The molecule has 0 radical (unpaired) electrons. The molecule has 0 heterocycles. The smallest absolute Gasteiger partial charge is 0.329 e. The molecule has 0 spiro atoms. The topological polar surface area (TPSA) is 84.5 Å². The Bertz CT molecular complexity index is 689. The summed E-state index contributed by atoms with van der Waals surface area (Å²) in [5, 5.41) is 5.73. The maximum absolute atomic E-state index is 12.5. The summed E-state index contributed by atoms with van der Waals surface area (Å²) in [6.45, 7) is 7.69. The van der Waals surface area contributed by atoms with Crippen molar-refractivity contribution < 1.29 is 19.1 Å². The predicted octanol–water partition coefficient (Wildman–Crippen LogP) is 2.85. The third-order valence-corrected chi connectivity index (χ3v) is 5.84. The number of hydrogen-bond donors (Lipinski definition) is 2. The van der Waals surface area contributed by atoms with E-state index in [0.717, 1.165) is 18.4 Å². The number of carbonyl (C=O) groups is 3. The van der Waals surface area contributed by atoms with E-state index >= 15 is 0 Å². The first kappa shape index (κ1) is 22.9. The molecule has 2 rings (SSSR count). The molecule has 0 bridgehead atoms. The monoisotopic (exact) mass is 402 g/mol. The maximum Gasteiger partial charge on any atom is 0.329 e. The van der Waals surface area contributed by atoms with Crippen molar-refractivity contribution in [2.75, 3.05) is 6.61 Å². The molecule has 6 heteroatoms. The molecular weight excluding hydrogens is 368 g/mol. The Morgan fingerprint density at radius 1 is 1.07 bits per heavy atom. The summed E-state index contributed by atoms with van der Waals surface area (Å²) in [5.41, 5.74) is 0.871. The SMILES string of the molecule is CC1CCCC(NC(=O)COC(=O)[C@@H](NC(=O)Cc2ccccc2)C(C)C)C1C. The summed E-state index contributed by atoms with van der Waals surface area (Å²) in [7, 11) is 0. The molecule has 29 heavy (non-hydrogen) atoms. The molecule has 3 unspecified atom stereocenters. The normalized spacial score (nSPS) is 22.6. The first-order chi connectivity index (χ1) is 13.8. The van der Waals surface area contributed by atoms with Gasteiger partial charge in [0.2, 0.25) is 5.91 Å². The van der Waals surface area contributed by atoms with E-state index in [9.17, 15) is 14.4 Å². The molecule has 4 atom stereocenters. The number of ether oxygens (including phenoxy) is 1. The van der Waals surface area contributed by atoms with Crippen LogP contribution >= 0.6 is 0 Å². The third kappa shape index (κ3) is 7.18. The second-order valence-corrected chi connectivity index (χ2v) is 8.50. The zero-order valence-electron chi connectivity index (χ0n) is 17.9. The molecule has 160 valence electrons. The highest BCUT2D eigenvalue weighted by Crippen LogP contribution is 2.29. The number of amides is 2. The lowest BCUT2D eigenvalue weighted by Gasteiger charge is -2.34. The van der Waals surface area contributed by atoms with Crippen LogP contribution in [0.25, 0.3) is 0 Å². The molecule has 1 aromatic carbocycles. The van der Waals surface area contributed by atoms with Crippen LogP contribution in [0.2, 0.25) is 0 Å². The molecule has 2 N–H and O–H groups in total. The van der Waals surface area contributed by atoms with Crippen LogP contribution in [0.15, 0.2) is 30.3 Å². The fraction of sp³-hybridized carbons (Fsp3) is 0.609. The quantitative estimate of drug-likeness (QED) is 0.655. The molecule has 2 amide bonds. The Morgan fingerprint density at radius 2 is 1.76 bits per heavy atom. The molecule has 0 aliphatic heterocycles. The van der Waals surface area contributed by atoms with E-state index in [-0.39, 0.29) is 36.8 Å². The molecule has 1 aromatic rings. The third-order valence-electron chi connectivity index (χ3n) is 5.84. The van der Waals surface area contributed by atoms with Crippen LogP contribution in [-0.2, 0) is 25.5 Å². The van der Waals surface area contributed by atoms with E-state index in [1.54, 1.807) is 0 Å². The van der Waals surface area contributed by atoms with Gasteiger partial charge in [0, 0.05) is 6.04 Å². The van der Waals surface area contributed by atoms with Gasteiger partial charge < -0.3 is 15.4 Å². The number of hydrogen-bond acceptors (Lipinski definition) is 4. The number of esters is 1. The molecule has 1 fully saturated rings. The van der Waals surface area contributed by atoms with E-state index in [4.69, 9.17) is 4.74 Å². The Kier molecular flexibility index (Phi) is 8.68. The Morgan fingerprint density at radius 3 is 2.41 bits per heavy atom. The van der Waals surface area contributed by atoms with Gasteiger partial charge in [0.05, 0.1) is 6.42 Å². The van der Waals surface area contributed by atoms with Gasteiger partial charge in [-0.2, -0.15) is 0 Å².